The van der Waals surface area contributed by atoms with Gasteiger partial charge in [0.2, 0.25) is 0 Å². The van der Waals surface area contributed by atoms with Crippen LogP contribution in [0.2, 0.25) is 0 Å². The van der Waals surface area contributed by atoms with Crippen molar-refractivity contribution < 1.29 is 4.79 Å². The Morgan fingerprint density at radius 3 is 2.65 bits per heavy atom. The number of hydrogen-bond donors (Lipinski definition) is 3. The van der Waals surface area contributed by atoms with Crippen LogP contribution in [-0.4, -0.2) is 16.1 Å². The van der Waals surface area contributed by atoms with E-state index >= 15 is 0 Å². The number of anilines is 1. The second kappa shape index (κ2) is 4.37. The minimum atomic E-state index is -0.259. The highest BCUT2D eigenvalue weighted by Crippen LogP contribution is 2.31. The molecule has 0 aliphatic carbocycles. The molecule has 104 valence electrons. The summed E-state index contributed by atoms with van der Waals surface area (Å²) in [5.74, 6) is -0.0644. The van der Waals surface area contributed by atoms with Crippen LogP contribution in [0.4, 0.5) is 5.69 Å². The minimum absolute atomic E-state index is 0.0603. The zero-order valence-electron chi connectivity index (χ0n) is 11.8. The van der Waals surface area contributed by atoms with Gasteiger partial charge in [0.25, 0.3) is 5.91 Å². The highest BCUT2D eigenvalue weighted by Gasteiger charge is 2.30. The van der Waals surface area contributed by atoms with Crippen LogP contribution in [0.1, 0.15) is 48.6 Å². The van der Waals surface area contributed by atoms with Gasteiger partial charge >= 0.3 is 0 Å². The second-order valence-corrected chi connectivity index (χ2v) is 6.05. The quantitative estimate of drug-likeness (QED) is 0.746. The molecule has 1 aromatic heterocycles. The van der Waals surface area contributed by atoms with Gasteiger partial charge in [-0.1, -0.05) is 32.9 Å². The zero-order chi connectivity index (χ0) is 14.3. The van der Waals surface area contributed by atoms with Crippen LogP contribution in [0.3, 0.4) is 0 Å². The molecule has 20 heavy (non-hydrogen) atoms. The van der Waals surface area contributed by atoms with Crippen molar-refractivity contribution in [3.8, 4) is 0 Å². The van der Waals surface area contributed by atoms with E-state index in [0.29, 0.717) is 5.56 Å². The van der Waals surface area contributed by atoms with Gasteiger partial charge in [-0.15, -0.1) is 0 Å². The van der Waals surface area contributed by atoms with Crippen LogP contribution >= 0.6 is 0 Å². The Hall–Kier alpha value is -2.30. The number of rotatable bonds is 1. The molecule has 3 rings (SSSR count). The van der Waals surface area contributed by atoms with E-state index < -0.39 is 0 Å². The van der Waals surface area contributed by atoms with Gasteiger partial charge in [0, 0.05) is 22.4 Å². The van der Waals surface area contributed by atoms with Gasteiger partial charge in [-0.3, -0.25) is 9.89 Å². The fourth-order valence-electron chi connectivity index (χ4n) is 2.48. The molecule has 3 N–H and O–H groups in total. The van der Waals surface area contributed by atoms with Gasteiger partial charge in [0.15, 0.2) is 0 Å². The summed E-state index contributed by atoms with van der Waals surface area (Å²) in [5, 5.41) is 13.5. The molecule has 1 aromatic carbocycles. The molecule has 1 amide bonds. The molecule has 0 radical (unpaired) electrons. The first-order chi connectivity index (χ1) is 9.47. The number of amides is 1. The fraction of sp³-hybridized carbons (Fsp3) is 0.333. The van der Waals surface area contributed by atoms with Crippen molar-refractivity contribution in [1.82, 2.24) is 15.5 Å². The maximum absolute atomic E-state index is 12.2. The monoisotopic (exact) mass is 270 g/mol. The number of fused-ring (bicyclic) bond motifs is 1. The van der Waals surface area contributed by atoms with E-state index in [-0.39, 0.29) is 17.5 Å². The smallest absolute Gasteiger partial charge is 0.255 e. The molecule has 0 unspecified atom stereocenters. The maximum atomic E-state index is 12.2. The minimum Gasteiger partial charge on any atom is -0.361 e. The van der Waals surface area contributed by atoms with Crippen LogP contribution in [0.25, 0.3) is 0 Å². The summed E-state index contributed by atoms with van der Waals surface area (Å²) in [5.41, 5.74) is 3.46. The van der Waals surface area contributed by atoms with Gasteiger partial charge in [0.05, 0.1) is 11.8 Å². The summed E-state index contributed by atoms with van der Waals surface area (Å²) in [7, 11) is 0. The number of hydrogen-bond acceptors (Lipinski definition) is 3. The number of benzene rings is 1. The lowest BCUT2D eigenvalue weighted by atomic mass is 9.88. The number of nitrogens with one attached hydrogen (secondary N) is 3. The second-order valence-electron chi connectivity index (χ2n) is 6.05. The molecular weight excluding hydrogens is 252 g/mol. The molecule has 1 aliphatic heterocycles. The van der Waals surface area contributed by atoms with Crippen molar-refractivity contribution in [2.24, 2.45) is 0 Å². The van der Waals surface area contributed by atoms with Crippen molar-refractivity contribution in [3.63, 3.8) is 0 Å². The third kappa shape index (κ3) is 2.05. The molecule has 2 aromatic rings. The summed E-state index contributed by atoms with van der Waals surface area (Å²) in [6.07, 6.45) is 1.51. The average molecular weight is 270 g/mol. The molecule has 5 nitrogen and oxygen atoms in total. The fourth-order valence-corrected chi connectivity index (χ4v) is 2.48. The standard InChI is InChI=1S/C15H18N4O/c1-15(2,3)12-10(8-16-19-12)13-17-11-7-5-4-6-9(11)14(20)18-13/h4-8,13,17H,1-3H3,(H,16,19)(H,18,20)/t13-/m0/s1. The number of carbonyl (C=O) groups excluding carboxylic acids is 1. The predicted octanol–water partition coefficient (Wildman–Crippen LogP) is 2.56. The molecule has 0 saturated carbocycles. The van der Waals surface area contributed by atoms with E-state index in [1.165, 1.54) is 0 Å². The Morgan fingerprint density at radius 2 is 1.90 bits per heavy atom. The normalized spacial score (nSPS) is 18.1. The van der Waals surface area contributed by atoms with Crippen LogP contribution < -0.4 is 10.6 Å². The first-order valence-electron chi connectivity index (χ1n) is 6.67. The van der Waals surface area contributed by atoms with Crippen LogP contribution in [-0.2, 0) is 5.41 Å². The molecule has 0 saturated heterocycles. The first-order valence-corrected chi connectivity index (χ1v) is 6.67. The highest BCUT2D eigenvalue weighted by molar-refractivity contribution is 6.01. The zero-order valence-corrected chi connectivity index (χ0v) is 11.8. The number of para-hydroxylation sites is 1. The van der Waals surface area contributed by atoms with Crippen LogP contribution in [0.15, 0.2) is 30.5 Å². The predicted molar refractivity (Wildman–Crippen MR) is 77.6 cm³/mol. The largest absolute Gasteiger partial charge is 0.361 e. The van der Waals surface area contributed by atoms with Gasteiger partial charge < -0.3 is 10.6 Å². The van der Waals surface area contributed by atoms with Crippen LogP contribution in [0, 0.1) is 0 Å². The molecule has 1 atom stereocenters. The number of aromatic nitrogens is 2. The Kier molecular flexibility index (Phi) is 2.78. The van der Waals surface area contributed by atoms with Crippen LogP contribution in [0.5, 0.6) is 0 Å². The van der Waals surface area contributed by atoms with E-state index in [1.54, 1.807) is 6.20 Å². The summed E-state index contributed by atoms with van der Waals surface area (Å²) in [6, 6.07) is 7.51. The summed E-state index contributed by atoms with van der Waals surface area (Å²) >= 11 is 0. The van der Waals surface area contributed by atoms with Crippen molar-refractivity contribution in [1.29, 1.82) is 0 Å². The number of nitrogens with zero attached hydrogens (tertiary/aromatic N) is 1. The van der Waals surface area contributed by atoms with E-state index in [1.807, 2.05) is 24.3 Å². The average Bonchev–Trinajstić information content (AvgIpc) is 2.88. The Morgan fingerprint density at radius 1 is 1.15 bits per heavy atom. The van der Waals surface area contributed by atoms with Crippen molar-refractivity contribution in [2.45, 2.75) is 32.4 Å². The van der Waals surface area contributed by atoms with Gasteiger partial charge in [-0.05, 0) is 12.1 Å². The van der Waals surface area contributed by atoms with E-state index in [0.717, 1.165) is 16.9 Å². The SMILES string of the molecule is CC(C)(C)c1[nH]ncc1[C@@H]1NC(=O)c2ccccc2N1. The van der Waals surface area contributed by atoms with E-state index in [2.05, 4.69) is 41.6 Å². The Labute approximate surface area is 117 Å². The lowest BCUT2D eigenvalue weighted by Gasteiger charge is -2.29. The topological polar surface area (TPSA) is 69.8 Å². The highest BCUT2D eigenvalue weighted by atomic mass is 16.2. The third-order valence-corrected chi connectivity index (χ3v) is 3.48. The molecule has 2 heterocycles. The van der Waals surface area contributed by atoms with Gasteiger partial charge in [0.1, 0.15) is 6.17 Å². The molecule has 5 heteroatoms. The van der Waals surface area contributed by atoms with E-state index in [4.69, 9.17) is 0 Å². The molecule has 0 bridgehead atoms. The molecular formula is C15H18N4O. The van der Waals surface area contributed by atoms with Gasteiger partial charge in [-0.25, -0.2) is 0 Å². The van der Waals surface area contributed by atoms with Gasteiger partial charge in [-0.2, -0.15) is 5.10 Å². The number of aromatic amines is 1. The lowest BCUT2D eigenvalue weighted by molar-refractivity contribution is 0.0935. The lowest BCUT2D eigenvalue weighted by Crippen LogP contribution is -2.39. The third-order valence-electron chi connectivity index (χ3n) is 3.48. The first kappa shape index (κ1) is 12.7. The summed E-state index contributed by atoms with van der Waals surface area (Å²) < 4.78 is 0. The van der Waals surface area contributed by atoms with Crippen molar-refractivity contribution in [3.05, 3.63) is 47.3 Å². The number of carbonyl (C=O) groups is 1. The Balaban J connectivity index is 1.99. The van der Waals surface area contributed by atoms with Crippen molar-refractivity contribution in [2.75, 3.05) is 5.32 Å². The molecule has 1 aliphatic rings. The Bertz CT molecular complexity index is 654. The van der Waals surface area contributed by atoms with E-state index in [9.17, 15) is 4.79 Å². The van der Waals surface area contributed by atoms with Crippen molar-refractivity contribution >= 4 is 11.6 Å². The summed E-state index contributed by atoms with van der Waals surface area (Å²) in [4.78, 5) is 12.2. The molecule has 0 spiro atoms. The number of H-pyrrole nitrogens is 1. The summed E-state index contributed by atoms with van der Waals surface area (Å²) in [6.45, 7) is 6.34. The molecule has 0 fully saturated rings. The maximum Gasteiger partial charge on any atom is 0.255 e.